The van der Waals surface area contributed by atoms with Crippen LogP contribution in [0.25, 0.3) is 10.4 Å². The monoisotopic (exact) mass is 393 g/mol. The van der Waals surface area contributed by atoms with Gasteiger partial charge in [0.05, 0.1) is 4.92 Å². The molecule has 0 saturated carbocycles. The van der Waals surface area contributed by atoms with Crippen molar-refractivity contribution in [1.82, 2.24) is 0 Å². The van der Waals surface area contributed by atoms with Crippen LogP contribution in [0, 0.1) is 15.9 Å². The third-order valence-corrected chi connectivity index (χ3v) is 5.43. The Morgan fingerprint density at radius 2 is 1.92 bits per heavy atom. The van der Waals surface area contributed by atoms with Gasteiger partial charge in [-0.25, -0.2) is 4.39 Å². The highest BCUT2D eigenvalue weighted by Crippen LogP contribution is 2.37. The molecule has 0 aliphatic carbocycles. The molecule has 3 aromatic rings. The van der Waals surface area contributed by atoms with E-state index in [2.05, 4.69) is 0 Å². The molecular weight excluding hydrogens is 381 g/mol. The maximum absolute atomic E-state index is 13.2. The van der Waals surface area contributed by atoms with E-state index in [0.717, 1.165) is 6.07 Å². The van der Waals surface area contributed by atoms with Crippen molar-refractivity contribution in [2.45, 2.75) is 5.75 Å². The average Bonchev–Trinajstić information content (AvgIpc) is 3.08. The molecular formula is C17H12FNO5S2. The molecule has 0 N–H and O–H groups in total. The first-order valence-electron chi connectivity index (χ1n) is 7.33. The van der Waals surface area contributed by atoms with E-state index < -0.39 is 26.6 Å². The topological polar surface area (TPSA) is 86.5 Å². The largest absolute Gasteiger partial charge is 0.381 e. The van der Waals surface area contributed by atoms with Crippen molar-refractivity contribution < 1.29 is 21.9 Å². The van der Waals surface area contributed by atoms with Gasteiger partial charge in [0.2, 0.25) is 0 Å². The Hall–Kier alpha value is -2.78. The highest BCUT2D eigenvalue weighted by molar-refractivity contribution is 7.86. The minimum absolute atomic E-state index is 0.0190. The lowest BCUT2D eigenvalue weighted by Crippen LogP contribution is -2.13. The smallest absolute Gasteiger partial charge is 0.313 e. The fourth-order valence-corrected chi connectivity index (χ4v) is 4.14. The summed E-state index contributed by atoms with van der Waals surface area (Å²) in [7, 11) is -4.08. The van der Waals surface area contributed by atoms with Crippen LogP contribution in [0.2, 0.25) is 0 Å². The first-order chi connectivity index (χ1) is 12.3. The average molecular weight is 393 g/mol. The predicted octanol–water partition coefficient (Wildman–Crippen LogP) is 4.37. The summed E-state index contributed by atoms with van der Waals surface area (Å²) in [5.74, 6) is -1.09. The molecule has 1 heterocycles. The van der Waals surface area contributed by atoms with Crippen LogP contribution in [0.3, 0.4) is 0 Å². The second-order valence-corrected chi connectivity index (χ2v) is 7.85. The third kappa shape index (κ3) is 4.24. The van der Waals surface area contributed by atoms with E-state index in [4.69, 9.17) is 4.18 Å². The maximum atomic E-state index is 13.2. The van der Waals surface area contributed by atoms with Crippen LogP contribution >= 0.6 is 11.3 Å². The molecule has 0 fully saturated rings. The summed E-state index contributed by atoms with van der Waals surface area (Å²) >= 11 is 1.30. The summed E-state index contributed by atoms with van der Waals surface area (Å²) in [6.07, 6.45) is 0. The van der Waals surface area contributed by atoms with Gasteiger partial charge in [0.15, 0.2) is 5.75 Å². The molecule has 2 aromatic carbocycles. The Bertz CT molecular complexity index is 1050. The van der Waals surface area contributed by atoms with Gasteiger partial charge in [-0.05, 0) is 35.2 Å². The summed E-state index contributed by atoms with van der Waals surface area (Å²) in [6, 6.07) is 12.3. The number of halogens is 1. The van der Waals surface area contributed by atoms with Crippen molar-refractivity contribution in [3.05, 3.63) is 81.5 Å². The molecule has 9 heteroatoms. The van der Waals surface area contributed by atoms with Gasteiger partial charge in [-0.1, -0.05) is 18.2 Å². The number of benzene rings is 2. The Balaban J connectivity index is 1.94. The zero-order valence-corrected chi connectivity index (χ0v) is 14.8. The van der Waals surface area contributed by atoms with Crippen LogP contribution < -0.4 is 4.18 Å². The quantitative estimate of drug-likeness (QED) is 0.353. The van der Waals surface area contributed by atoms with E-state index in [-0.39, 0.29) is 17.0 Å². The zero-order chi connectivity index (χ0) is 18.7. The lowest BCUT2D eigenvalue weighted by atomic mass is 10.1. The van der Waals surface area contributed by atoms with Crippen LogP contribution in [-0.2, 0) is 15.9 Å². The Morgan fingerprint density at radius 3 is 2.58 bits per heavy atom. The Kier molecular flexibility index (Phi) is 5.01. The number of nitrogens with zero attached hydrogens (tertiary/aromatic N) is 1. The molecule has 0 unspecified atom stereocenters. The molecule has 1 aromatic heterocycles. The number of hydrogen-bond acceptors (Lipinski definition) is 6. The van der Waals surface area contributed by atoms with Gasteiger partial charge < -0.3 is 4.18 Å². The number of thiophene rings is 1. The summed E-state index contributed by atoms with van der Waals surface area (Å²) in [5, 5.41) is 12.8. The molecule has 0 atom stereocenters. The van der Waals surface area contributed by atoms with E-state index >= 15 is 0 Å². The molecule has 0 amide bonds. The van der Waals surface area contributed by atoms with Crippen LogP contribution in [-0.4, -0.2) is 13.3 Å². The molecule has 3 rings (SSSR count). The van der Waals surface area contributed by atoms with E-state index in [9.17, 15) is 22.9 Å². The second kappa shape index (κ2) is 7.22. The molecule has 0 bridgehead atoms. The molecule has 0 radical (unpaired) electrons. The normalized spacial score (nSPS) is 11.3. The molecule has 0 spiro atoms. The summed E-state index contributed by atoms with van der Waals surface area (Å²) < 4.78 is 43.1. The maximum Gasteiger partial charge on any atom is 0.313 e. The van der Waals surface area contributed by atoms with Gasteiger partial charge >= 0.3 is 10.1 Å². The minimum atomic E-state index is -4.08. The number of hydrogen-bond donors (Lipinski definition) is 0. The molecule has 0 aliphatic heterocycles. The van der Waals surface area contributed by atoms with Crippen molar-refractivity contribution in [1.29, 1.82) is 0 Å². The van der Waals surface area contributed by atoms with Crippen molar-refractivity contribution in [2.24, 2.45) is 0 Å². The number of nitro groups is 1. The molecule has 0 saturated heterocycles. The highest BCUT2D eigenvalue weighted by atomic mass is 32.2. The Labute approximate surface area is 152 Å². The molecule has 0 aliphatic rings. The van der Waals surface area contributed by atoms with E-state index in [1.165, 1.54) is 47.7 Å². The number of non-ortho nitro benzene ring substituents is 1. The van der Waals surface area contributed by atoms with Gasteiger partial charge in [-0.15, -0.1) is 11.3 Å². The van der Waals surface area contributed by atoms with Crippen LogP contribution in [0.4, 0.5) is 10.1 Å². The van der Waals surface area contributed by atoms with Gasteiger partial charge in [-0.2, -0.15) is 8.42 Å². The lowest BCUT2D eigenvalue weighted by molar-refractivity contribution is -0.384. The van der Waals surface area contributed by atoms with E-state index in [0.29, 0.717) is 10.4 Å². The van der Waals surface area contributed by atoms with Gasteiger partial charge in [0.1, 0.15) is 11.6 Å². The number of rotatable bonds is 6. The fraction of sp³-hybridized carbons (Fsp3) is 0.0588. The van der Waals surface area contributed by atoms with Crippen molar-refractivity contribution in [2.75, 3.05) is 0 Å². The molecule has 6 nitrogen and oxygen atoms in total. The van der Waals surface area contributed by atoms with Crippen molar-refractivity contribution >= 4 is 27.1 Å². The van der Waals surface area contributed by atoms with Gasteiger partial charge in [0.25, 0.3) is 5.69 Å². The second-order valence-electron chi connectivity index (χ2n) is 5.33. The highest BCUT2D eigenvalue weighted by Gasteiger charge is 2.20. The zero-order valence-electron chi connectivity index (χ0n) is 13.2. The van der Waals surface area contributed by atoms with Crippen molar-refractivity contribution in [3.63, 3.8) is 0 Å². The SMILES string of the molecule is O=[N+]([O-])c1ccc(OS(=O)(=O)Cc2cccc(F)c2)c(-c2cccs2)c1. The Morgan fingerprint density at radius 1 is 1.12 bits per heavy atom. The summed E-state index contributed by atoms with van der Waals surface area (Å²) in [5.41, 5.74) is 0.366. The minimum Gasteiger partial charge on any atom is -0.381 e. The van der Waals surface area contributed by atoms with Gasteiger partial charge in [0, 0.05) is 22.6 Å². The first kappa shape index (κ1) is 18.0. The third-order valence-electron chi connectivity index (χ3n) is 3.41. The molecule has 134 valence electrons. The molecule has 26 heavy (non-hydrogen) atoms. The van der Waals surface area contributed by atoms with Crippen LogP contribution in [0.15, 0.2) is 60.0 Å². The lowest BCUT2D eigenvalue weighted by Gasteiger charge is -2.11. The van der Waals surface area contributed by atoms with Crippen LogP contribution in [0.5, 0.6) is 5.75 Å². The summed E-state index contributed by atoms with van der Waals surface area (Å²) in [6.45, 7) is 0. The van der Waals surface area contributed by atoms with Crippen LogP contribution in [0.1, 0.15) is 5.56 Å². The van der Waals surface area contributed by atoms with E-state index in [1.807, 2.05) is 0 Å². The fourth-order valence-electron chi connectivity index (χ4n) is 2.33. The standard InChI is InChI=1S/C17H12FNO5S2/c18-13-4-1-3-12(9-13)11-26(22,23)24-16-7-6-14(19(20)21)10-15(16)17-5-2-8-25-17/h1-10H,11H2. The van der Waals surface area contributed by atoms with Gasteiger partial charge in [-0.3, -0.25) is 10.1 Å². The predicted molar refractivity (Wildman–Crippen MR) is 96.1 cm³/mol. The summed E-state index contributed by atoms with van der Waals surface area (Å²) in [4.78, 5) is 11.1. The van der Waals surface area contributed by atoms with Crippen molar-refractivity contribution in [3.8, 4) is 16.2 Å². The van der Waals surface area contributed by atoms with E-state index in [1.54, 1.807) is 17.5 Å². The number of nitro benzene ring substituents is 1. The first-order valence-corrected chi connectivity index (χ1v) is 9.79.